The highest BCUT2D eigenvalue weighted by atomic mass is 32.2. The summed E-state index contributed by atoms with van der Waals surface area (Å²) in [7, 11) is 2.59. The molecule has 0 spiro atoms. The lowest BCUT2D eigenvalue weighted by atomic mass is 9.87. The van der Waals surface area contributed by atoms with Gasteiger partial charge in [-0.2, -0.15) is 0 Å². The number of hydrogen-bond donors (Lipinski definition) is 3. The number of carbonyl (C=O) groups excluding carboxylic acids is 6. The number of hydrogen-bond acceptors (Lipinski definition) is 11. The number of nitrogens with zero attached hydrogens (tertiary/aromatic N) is 2. The molecule has 0 aromatic heterocycles. The van der Waals surface area contributed by atoms with Crippen molar-refractivity contribution >= 4 is 65.1 Å². The van der Waals surface area contributed by atoms with Gasteiger partial charge in [0.2, 0.25) is 23.6 Å². The maximum Gasteiger partial charge on any atom is 0.328 e. The number of carboxylic acids is 1. The van der Waals surface area contributed by atoms with E-state index >= 15 is 0 Å². The van der Waals surface area contributed by atoms with Gasteiger partial charge < -0.3 is 35.0 Å². The van der Waals surface area contributed by atoms with Crippen LogP contribution in [0.3, 0.4) is 0 Å². The lowest BCUT2D eigenvalue weighted by Crippen LogP contribution is -2.58. The second-order valence-electron chi connectivity index (χ2n) is 14.4. The topological polar surface area (TPSA) is 189 Å². The zero-order valence-electron chi connectivity index (χ0n) is 30.9. The molecule has 4 aliphatic heterocycles. The number of methoxy groups -OCH3 is 2. The van der Waals surface area contributed by atoms with E-state index in [1.807, 2.05) is 30.3 Å². The molecule has 0 bridgehead atoms. The number of carboxylic acid groups (broad SMARTS) is 1. The third kappa shape index (κ3) is 10.3. The molecule has 3 N–H and O–H groups in total. The number of fused-ring (bicyclic) bond motifs is 2. The summed E-state index contributed by atoms with van der Waals surface area (Å²) in [6.45, 7) is 0. The van der Waals surface area contributed by atoms with Crippen LogP contribution in [-0.2, 0) is 49.5 Å². The summed E-state index contributed by atoms with van der Waals surface area (Å²) in [5.74, 6) is -3.86. The first-order chi connectivity index (χ1) is 26.0. The van der Waals surface area contributed by atoms with Crippen molar-refractivity contribution in [3.05, 3.63) is 35.9 Å². The van der Waals surface area contributed by atoms with Gasteiger partial charge in [-0.25, -0.2) is 9.59 Å². The number of aliphatic carboxylic acids is 1. The molecular weight excluding hydrogens is 737 g/mol. The van der Waals surface area contributed by atoms with Crippen LogP contribution in [0.2, 0.25) is 0 Å². The molecule has 0 radical (unpaired) electrons. The van der Waals surface area contributed by atoms with Crippen LogP contribution in [0.4, 0.5) is 0 Å². The summed E-state index contributed by atoms with van der Waals surface area (Å²) in [6.07, 6.45) is 5.12. The van der Waals surface area contributed by atoms with Crippen LogP contribution in [-0.4, -0.2) is 117 Å². The van der Waals surface area contributed by atoms with Gasteiger partial charge >= 0.3 is 17.9 Å². The molecule has 0 saturated carbocycles. The molecule has 14 nitrogen and oxygen atoms in total. The molecule has 296 valence electrons. The summed E-state index contributed by atoms with van der Waals surface area (Å²) in [5, 5.41) is 15.0. The number of carbonyl (C=O) groups is 7. The molecule has 4 saturated heterocycles. The van der Waals surface area contributed by atoms with Gasteiger partial charge in [-0.05, 0) is 94.1 Å². The molecule has 1 aromatic carbocycles. The van der Waals surface area contributed by atoms with Crippen molar-refractivity contribution in [3.63, 3.8) is 0 Å². The number of rotatable bonds is 14. The van der Waals surface area contributed by atoms with Gasteiger partial charge in [-0.1, -0.05) is 30.3 Å². The predicted molar refractivity (Wildman–Crippen MR) is 202 cm³/mol. The van der Waals surface area contributed by atoms with Crippen molar-refractivity contribution in [1.29, 1.82) is 0 Å². The Hall–Kier alpha value is -3.79. The van der Waals surface area contributed by atoms with Crippen molar-refractivity contribution in [2.45, 2.75) is 118 Å². The Morgan fingerprint density at radius 3 is 1.69 bits per heavy atom. The lowest BCUT2D eigenvalue weighted by Gasteiger charge is -2.40. The van der Waals surface area contributed by atoms with Gasteiger partial charge in [0.1, 0.15) is 24.2 Å². The standard InChI is InChI=1S/C38H52N4O10S2/c1-51-37(49)28-10-6-12-30-41(28)35(47)26(18-20-53-30)39-33(45)24(16-17-32(43)44)14-15-25(22-23-8-4-3-5-9-23)34(46)40-27-19-21-54-31-13-7-11-29(38(50)52-2)42(31)36(27)48/h3-5,8-9,24-31H,6-7,10-22H2,1-2H3,(H,39,45)(H,40,46)(H,43,44). The summed E-state index contributed by atoms with van der Waals surface area (Å²) >= 11 is 3.17. The van der Waals surface area contributed by atoms with E-state index < -0.39 is 59.8 Å². The highest BCUT2D eigenvalue weighted by molar-refractivity contribution is 8.00. The van der Waals surface area contributed by atoms with E-state index in [9.17, 15) is 38.7 Å². The SMILES string of the molecule is COC(=O)C1CCCC2SCCC(NC(=O)C(CCC(=O)O)CCC(Cc3ccccc3)C(=O)NC3CCSC4CCCC(C(=O)OC)N4C3=O)C(=O)N21. The molecule has 16 heteroatoms. The Morgan fingerprint density at radius 1 is 0.722 bits per heavy atom. The zero-order valence-corrected chi connectivity index (χ0v) is 32.6. The smallest absolute Gasteiger partial charge is 0.328 e. The van der Waals surface area contributed by atoms with Crippen LogP contribution in [0.5, 0.6) is 0 Å². The van der Waals surface area contributed by atoms with Crippen LogP contribution >= 0.6 is 23.5 Å². The number of thioether (sulfide) groups is 2. The number of nitrogens with one attached hydrogen (secondary N) is 2. The van der Waals surface area contributed by atoms with Gasteiger partial charge in [-0.3, -0.25) is 24.0 Å². The monoisotopic (exact) mass is 788 g/mol. The van der Waals surface area contributed by atoms with Crippen LogP contribution in [0.25, 0.3) is 0 Å². The lowest BCUT2D eigenvalue weighted by molar-refractivity contribution is -0.156. The first-order valence-electron chi connectivity index (χ1n) is 18.9. The summed E-state index contributed by atoms with van der Waals surface area (Å²) in [6, 6.07) is 6.18. The van der Waals surface area contributed by atoms with Crippen molar-refractivity contribution in [1.82, 2.24) is 20.4 Å². The van der Waals surface area contributed by atoms with Crippen LogP contribution in [0.1, 0.15) is 82.6 Å². The second-order valence-corrected chi connectivity index (χ2v) is 16.9. The number of piperidine rings is 2. The van der Waals surface area contributed by atoms with Crippen molar-refractivity contribution in [2.75, 3.05) is 25.7 Å². The average molecular weight is 789 g/mol. The highest BCUT2D eigenvalue weighted by Gasteiger charge is 2.45. The minimum atomic E-state index is -1.07. The molecule has 4 heterocycles. The van der Waals surface area contributed by atoms with Crippen molar-refractivity contribution < 1.29 is 48.1 Å². The van der Waals surface area contributed by atoms with E-state index in [0.29, 0.717) is 43.6 Å². The molecule has 4 amide bonds. The number of benzene rings is 1. The van der Waals surface area contributed by atoms with Gasteiger partial charge in [0.05, 0.1) is 25.0 Å². The van der Waals surface area contributed by atoms with E-state index in [1.54, 1.807) is 33.3 Å². The fourth-order valence-electron chi connectivity index (χ4n) is 8.01. The van der Waals surface area contributed by atoms with Crippen molar-refractivity contribution in [2.24, 2.45) is 11.8 Å². The Morgan fingerprint density at radius 2 is 1.20 bits per heavy atom. The largest absolute Gasteiger partial charge is 0.481 e. The maximum absolute atomic E-state index is 14.1. The molecule has 4 aliphatic rings. The molecule has 54 heavy (non-hydrogen) atoms. The molecular formula is C38H52N4O10S2. The van der Waals surface area contributed by atoms with Crippen LogP contribution in [0.15, 0.2) is 30.3 Å². The normalized spacial score (nSPS) is 26.9. The van der Waals surface area contributed by atoms with E-state index in [0.717, 1.165) is 31.2 Å². The Kier molecular flexibility index (Phi) is 15.1. The van der Waals surface area contributed by atoms with Gasteiger partial charge in [-0.15, -0.1) is 23.5 Å². The predicted octanol–water partition coefficient (Wildman–Crippen LogP) is 3.11. The van der Waals surface area contributed by atoms with E-state index in [1.165, 1.54) is 14.2 Å². The quantitative estimate of drug-likeness (QED) is 0.234. The summed E-state index contributed by atoms with van der Waals surface area (Å²) in [4.78, 5) is 96.0. The molecule has 4 fully saturated rings. The van der Waals surface area contributed by atoms with Gasteiger partial charge in [0.15, 0.2) is 0 Å². The van der Waals surface area contributed by atoms with Gasteiger partial charge in [0.25, 0.3) is 0 Å². The fraction of sp³-hybridized carbons (Fsp3) is 0.658. The third-order valence-corrected chi connectivity index (χ3v) is 13.5. The number of esters is 2. The molecule has 8 atom stereocenters. The summed E-state index contributed by atoms with van der Waals surface area (Å²) in [5.41, 5.74) is 0.881. The molecule has 8 unspecified atom stereocenters. The van der Waals surface area contributed by atoms with E-state index in [2.05, 4.69) is 10.6 Å². The first-order valence-corrected chi connectivity index (χ1v) is 21.0. The summed E-state index contributed by atoms with van der Waals surface area (Å²) < 4.78 is 10.0. The van der Waals surface area contributed by atoms with Gasteiger partial charge in [0, 0.05) is 18.3 Å². The Balaban J connectivity index is 1.31. The molecule has 5 rings (SSSR count). The number of ether oxygens (including phenoxy) is 2. The number of amides is 4. The van der Waals surface area contributed by atoms with E-state index in [4.69, 9.17) is 9.47 Å². The van der Waals surface area contributed by atoms with E-state index in [-0.39, 0.29) is 54.2 Å². The maximum atomic E-state index is 14.1. The Bertz CT molecular complexity index is 1530. The molecule has 1 aromatic rings. The third-order valence-electron chi connectivity index (χ3n) is 10.9. The van der Waals surface area contributed by atoms with Crippen LogP contribution < -0.4 is 10.6 Å². The molecule has 0 aliphatic carbocycles. The first kappa shape index (κ1) is 41.4. The minimum Gasteiger partial charge on any atom is -0.481 e. The second kappa shape index (κ2) is 19.7. The Labute approximate surface area is 324 Å². The van der Waals surface area contributed by atoms with Crippen LogP contribution in [0, 0.1) is 11.8 Å². The highest BCUT2D eigenvalue weighted by Crippen LogP contribution is 2.36. The zero-order chi connectivity index (χ0) is 38.8. The fourth-order valence-corrected chi connectivity index (χ4v) is 10.8. The average Bonchev–Trinajstić information content (AvgIpc) is 3.43. The minimum absolute atomic E-state index is 0.00275. The van der Waals surface area contributed by atoms with Crippen molar-refractivity contribution in [3.8, 4) is 0 Å².